The molecule has 0 aliphatic carbocycles. The Hall–Kier alpha value is -0.310. The predicted octanol–water partition coefficient (Wildman–Crippen LogP) is 1.87. The summed E-state index contributed by atoms with van der Waals surface area (Å²) in [5, 5.41) is 9.81. The summed E-state index contributed by atoms with van der Waals surface area (Å²) < 4.78 is 0.760. The molecule has 0 spiro atoms. The van der Waals surface area contributed by atoms with E-state index >= 15 is 0 Å². The monoisotopic (exact) mass is 190 g/mol. The minimum absolute atomic E-state index is 0.428. The minimum atomic E-state index is 0.428. The first-order valence-electron chi connectivity index (χ1n) is 2.79. The molecule has 0 aromatic rings. The van der Waals surface area contributed by atoms with E-state index in [4.69, 9.17) is 5.41 Å². The molecule has 52 valence electrons. The molecule has 0 aliphatic rings. The summed E-state index contributed by atoms with van der Waals surface area (Å²) in [7, 11) is 0. The molecule has 0 atom stereocenters. The van der Waals surface area contributed by atoms with Crippen molar-refractivity contribution >= 4 is 22.1 Å². The van der Waals surface area contributed by atoms with Crippen molar-refractivity contribution in [2.45, 2.75) is 19.9 Å². The SMILES string of the molecule is CC(C)N/C=C(/Br)C=N. The number of allylic oxidation sites excluding steroid dienone is 1. The van der Waals surface area contributed by atoms with Crippen molar-refractivity contribution in [1.82, 2.24) is 5.32 Å². The van der Waals surface area contributed by atoms with Crippen molar-refractivity contribution in [3.8, 4) is 0 Å². The summed E-state index contributed by atoms with van der Waals surface area (Å²) in [6, 6.07) is 0.428. The molecule has 0 radical (unpaired) electrons. The third-order valence-electron chi connectivity index (χ3n) is 0.692. The van der Waals surface area contributed by atoms with Crippen molar-refractivity contribution in [1.29, 1.82) is 5.41 Å². The molecule has 0 saturated carbocycles. The summed E-state index contributed by atoms with van der Waals surface area (Å²) in [6.45, 7) is 4.08. The summed E-state index contributed by atoms with van der Waals surface area (Å²) in [5.74, 6) is 0. The molecule has 0 rings (SSSR count). The molecule has 9 heavy (non-hydrogen) atoms. The van der Waals surface area contributed by atoms with Crippen LogP contribution in [0.15, 0.2) is 10.7 Å². The number of rotatable bonds is 3. The fraction of sp³-hybridized carbons (Fsp3) is 0.500. The van der Waals surface area contributed by atoms with E-state index in [9.17, 15) is 0 Å². The number of halogens is 1. The third-order valence-corrected chi connectivity index (χ3v) is 1.15. The van der Waals surface area contributed by atoms with Gasteiger partial charge in [0.2, 0.25) is 0 Å². The van der Waals surface area contributed by atoms with E-state index in [2.05, 4.69) is 21.2 Å². The Kier molecular flexibility index (Phi) is 4.40. The Labute approximate surface area is 64.0 Å². The summed E-state index contributed by atoms with van der Waals surface area (Å²) in [5.41, 5.74) is 0. The molecule has 0 amide bonds. The second kappa shape index (κ2) is 4.56. The number of hydrogen-bond acceptors (Lipinski definition) is 2. The van der Waals surface area contributed by atoms with Gasteiger partial charge in [-0.15, -0.1) is 0 Å². The highest BCUT2D eigenvalue weighted by Gasteiger charge is 1.85. The van der Waals surface area contributed by atoms with Crippen LogP contribution in [0.4, 0.5) is 0 Å². The van der Waals surface area contributed by atoms with Gasteiger partial charge in [0, 0.05) is 18.5 Å². The zero-order valence-corrected chi connectivity index (χ0v) is 7.20. The van der Waals surface area contributed by atoms with Gasteiger partial charge >= 0.3 is 0 Å². The normalized spacial score (nSPS) is 11.8. The molecular formula is C6H11BrN2. The van der Waals surface area contributed by atoms with Crippen LogP contribution in [-0.4, -0.2) is 12.3 Å². The van der Waals surface area contributed by atoms with E-state index in [-0.39, 0.29) is 0 Å². The van der Waals surface area contributed by atoms with Crippen molar-refractivity contribution in [3.63, 3.8) is 0 Å². The van der Waals surface area contributed by atoms with E-state index in [1.165, 1.54) is 6.21 Å². The van der Waals surface area contributed by atoms with Gasteiger partial charge in [-0.2, -0.15) is 0 Å². The van der Waals surface area contributed by atoms with Crippen LogP contribution >= 0.6 is 15.9 Å². The van der Waals surface area contributed by atoms with Crippen LogP contribution in [0.3, 0.4) is 0 Å². The molecular weight excluding hydrogens is 180 g/mol. The Morgan fingerprint density at radius 2 is 2.22 bits per heavy atom. The zero-order chi connectivity index (χ0) is 7.28. The molecule has 0 aromatic carbocycles. The Balaban J connectivity index is 3.56. The number of hydrogen-bond donors (Lipinski definition) is 2. The lowest BCUT2D eigenvalue weighted by molar-refractivity contribution is 0.703. The lowest BCUT2D eigenvalue weighted by Gasteiger charge is -2.02. The van der Waals surface area contributed by atoms with Crippen molar-refractivity contribution in [3.05, 3.63) is 10.7 Å². The Bertz CT molecular complexity index is 118. The second-order valence-corrected chi connectivity index (χ2v) is 2.91. The highest BCUT2D eigenvalue weighted by Crippen LogP contribution is 1.97. The van der Waals surface area contributed by atoms with Crippen molar-refractivity contribution in [2.75, 3.05) is 0 Å². The third kappa shape index (κ3) is 5.56. The van der Waals surface area contributed by atoms with Crippen molar-refractivity contribution in [2.24, 2.45) is 0 Å². The Morgan fingerprint density at radius 3 is 2.56 bits per heavy atom. The highest BCUT2D eigenvalue weighted by molar-refractivity contribution is 9.12. The number of nitrogens with one attached hydrogen (secondary N) is 2. The van der Waals surface area contributed by atoms with Gasteiger partial charge in [0.1, 0.15) is 0 Å². The van der Waals surface area contributed by atoms with Crippen LogP contribution in [0.5, 0.6) is 0 Å². The smallest absolute Gasteiger partial charge is 0.0507 e. The van der Waals surface area contributed by atoms with Crippen LogP contribution in [0.2, 0.25) is 0 Å². The predicted molar refractivity (Wildman–Crippen MR) is 44.1 cm³/mol. The van der Waals surface area contributed by atoms with E-state index < -0.39 is 0 Å². The zero-order valence-electron chi connectivity index (χ0n) is 5.61. The van der Waals surface area contributed by atoms with Crippen LogP contribution in [-0.2, 0) is 0 Å². The molecule has 0 fully saturated rings. The highest BCUT2D eigenvalue weighted by atomic mass is 79.9. The van der Waals surface area contributed by atoms with Crippen molar-refractivity contribution < 1.29 is 0 Å². The largest absolute Gasteiger partial charge is 0.388 e. The maximum absolute atomic E-state index is 6.77. The first kappa shape index (κ1) is 8.69. The van der Waals surface area contributed by atoms with Gasteiger partial charge in [0.25, 0.3) is 0 Å². The molecule has 2 N–H and O–H groups in total. The summed E-state index contributed by atoms with van der Waals surface area (Å²) in [6.07, 6.45) is 3.01. The summed E-state index contributed by atoms with van der Waals surface area (Å²) >= 11 is 3.16. The van der Waals surface area contributed by atoms with Crippen LogP contribution < -0.4 is 5.32 Å². The molecule has 0 unspecified atom stereocenters. The van der Waals surface area contributed by atoms with Gasteiger partial charge in [-0.25, -0.2) is 0 Å². The van der Waals surface area contributed by atoms with Gasteiger partial charge in [0.05, 0.1) is 4.48 Å². The lowest BCUT2D eigenvalue weighted by atomic mass is 10.4. The quantitative estimate of drug-likeness (QED) is 0.656. The van der Waals surface area contributed by atoms with Gasteiger partial charge in [-0.1, -0.05) is 0 Å². The van der Waals surface area contributed by atoms with Gasteiger partial charge in [0.15, 0.2) is 0 Å². The van der Waals surface area contributed by atoms with E-state index in [1.807, 2.05) is 13.8 Å². The van der Waals surface area contributed by atoms with Gasteiger partial charge in [-0.3, -0.25) is 0 Å². The van der Waals surface area contributed by atoms with Gasteiger partial charge < -0.3 is 10.7 Å². The fourth-order valence-corrected chi connectivity index (χ4v) is 0.420. The molecule has 0 aromatic heterocycles. The van der Waals surface area contributed by atoms with E-state index in [1.54, 1.807) is 6.20 Å². The van der Waals surface area contributed by atoms with E-state index in [0.717, 1.165) is 4.48 Å². The second-order valence-electron chi connectivity index (χ2n) is 1.99. The lowest BCUT2D eigenvalue weighted by Crippen LogP contribution is -2.15. The maximum Gasteiger partial charge on any atom is 0.0507 e. The Morgan fingerprint density at radius 1 is 1.67 bits per heavy atom. The molecule has 0 aliphatic heterocycles. The molecule has 3 heteroatoms. The average Bonchev–Trinajstić information content (AvgIpc) is 1.83. The van der Waals surface area contributed by atoms with Crippen LogP contribution in [0.1, 0.15) is 13.8 Å². The molecule has 0 saturated heterocycles. The van der Waals surface area contributed by atoms with Crippen LogP contribution in [0.25, 0.3) is 0 Å². The standard InChI is InChI=1S/C6H11BrN2/c1-5(2)9-4-6(7)3-8/h3-5,8-9H,1-2H3/b6-4+,8-3?. The first-order chi connectivity index (χ1) is 4.16. The minimum Gasteiger partial charge on any atom is -0.388 e. The average molecular weight is 191 g/mol. The van der Waals surface area contributed by atoms with E-state index in [0.29, 0.717) is 6.04 Å². The maximum atomic E-state index is 6.77. The molecule has 2 nitrogen and oxygen atoms in total. The van der Waals surface area contributed by atoms with Gasteiger partial charge in [-0.05, 0) is 29.8 Å². The first-order valence-corrected chi connectivity index (χ1v) is 3.58. The molecule has 0 bridgehead atoms. The summed E-state index contributed by atoms with van der Waals surface area (Å²) in [4.78, 5) is 0. The topological polar surface area (TPSA) is 35.9 Å². The van der Waals surface area contributed by atoms with Crippen LogP contribution in [0, 0.1) is 5.41 Å². The fourth-order valence-electron chi connectivity index (χ4n) is 0.288. The molecule has 0 heterocycles.